The van der Waals surface area contributed by atoms with Crippen molar-refractivity contribution in [3.8, 4) is 0 Å². The number of nitrogens with one attached hydrogen (secondary N) is 2. The first-order valence-corrected chi connectivity index (χ1v) is 11.2. The molecule has 1 aliphatic rings. The van der Waals surface area contributed by atoms with Gasteiger partial charge < -0.3 is 10.2 Å². The van der Waals surface area contributed by atoms with E-state index in [0.29, 0.717) is 17.0 Å². The molecule has 2 N–H and O–H groups in total. The van der Waals surface area contributed by atoms with E-state index in [2.05, 4.69) is 5.32 Å². The van der Waals surface area contributed by atoms with Crippen molar-refractivity contribution >= 4 is 21.6 Å². The van der Waals surface area contributed by atoms with Gasteiger partial charge in [-0.15, -0.1) is 0 Å². The van der Waals surface area contributed by atoms with Crippen LogP contribution in [0.1, 0.15) is 12.5 Å². The molecule has 1 aliphatic heterocycles. The van der Waals surface area contributed by atoms with Gasteiger partial charge in [0.2, 0.25) is 10.0 Å². The normalized spacial score (nSPS) is 17.1. The Morgan fingerprint density at radius 2 is 1.64 bits per heavy atom. The molecule has 0 aliphatic carbocycles. The Kier molecular flexibility index (Phi) is 7.05. The lowest BCUT2D eigenvalue weighted by molar-refractivity contribution is -0.917. The second-order valence-electron chi connectivity index (χ2n) is 7.49. The van der Waals surface area contributed by atoms with E-state index in [1.54, 1.807) is 0 Å². The number of rotatable bonds is 5. The van der Waals surface area contributed by atoms with Crippen LogP contribution in [0.2, 0.25) is 0 Å². The quantitative estimate of drug-likeness (QED) is 0.492. The molecule has 33 heavy (non-hydrogen) atoms. The summed E-state index contributed by atoms with van der Waals surface area (Å²) in [6, 6.07) is 4.59. The Bertz CT molecular complexity index is 1150. The van der Waals surface area contributed by atoms with Crippen LogP contribution in [0.3, 0.4) is 0 Å². The third-order valence-corrected chi connectivity index (χ3v) is 7.43. The van der Waals surface area contributed by atoms with Crippen LogP contribution in [0, 0.1) is 17.5 Å². The number of amides is 1. The van der Waals surface area contributed by atoms with Crippen molar-refractivity contribution in [1.29, 1.82) is 0 Å². The van der Waals surface area contributed by atoms with E-state index in [0.717, 1.165) is 22.5 Å². The lowest BCUT2D eigenvalue weighted by atomic mass is 10.2. The lowest BCUT2D eigenvalue weighted by Gasteiger charge is -2.34. The van der Waals surface area contributed by atoms with Crippen molar-refractivity contribution in [2.45, 2.75) is 24.0 Å². The molecule has 13 heteroatoms. The number of quaternary nitrogens is 1. The highest BCUT2D eigenvalue weighted by Crippen LogP contribution is 2.35. The van der Waals surface area contributed by atoms with Gasteiger partial charge in [-0.1, -0.05) is 12.1 Å². The predicted octanol–water partition coefficient (Wildman–Crippen LogP) is 2.04. The van der Waals surface area contributed by atoms with Crippen molar-refractivity contribution in [3.05, 3.63) is 59.4 Å². The molecule has 0 saturated carbocycles. The van der Waals surface area contributed by atoms with E-state index in [-0.39, 0.29) is 26.2 Å². The summed E-state index contributed by atoms with van der Waals surface area (Å²) in [6.07, 6.45) is -4.85. The maximum Gasteiger partial charge on any atom is 0.417 e. The van der Waals surface area contributed by atoms with Crippen LogP contribution in [-0.2, 0) is 21.0 Å². The van der Waals surface area contributed by atoms with Gasteiger partial charge in [0.1, 0.15) is 0 Å². The van der Waals surface area contributed by atoms with Gasteiger partial charge >= 0.3 is 6.18 Å². The number of benzene rings is 2. The summed E-state index contributed by atoms with van der Waals surface area (Å²) in [6.45, 7) is 1.35. The monoisotopic (exact) mass is 496 g/mol. The number of anilines is 1. The molecule has 0 radical (unpaired) electrons. The summed E-state index contributed by atoms with van der Waals surface area (Å²) in [7, 11) is -4.44. The molecule has 1 fully saturated rings. The van der Waals surface area contributed by atoms with E-state index >= 15 is 0 Å². The summed E-state index contributed by atoms with van der Waals surface area (Å²) in [4.78, 5) is 12.2. The van der Waals surface area contributed by atoms with Crippen LogP contribution >= 0.6 is 0 Å². The molecule has 180 valence electrons. The average molecular weight is 496 g/mol. The van der Waals surface area contributed by atoms with Crippen molar-refractivity contribution in [2.75, 3.05) is 31.5 Å². The van der Waals surface area contributed by atoms with Crippen LogP contribution < -0.4 is 10.2 Å². The third-order valence-electron chi connectivity index (χ3n) is 5.47. The van der Waals surface area contributed by atoms with Gasteiger partial charge in [-0.05, 0) is 31.2 Å². The van der Waals surface area contributed by atoms with Crippen LogP contribution in [0.4, 0.5) is 32.0 Å². The highest BCUT2D eigenvalue weighted by molar-refractivity contribution is 7.89. The van der Waals surface area contributed by atoms with Gasteiger partial charge in [-0.25, -0.2) is 21.6 Å². The summed E-state index contributed by atoms with van der Waals surface area (Å²) in [5.74, 6) is -5.40. The SMILES string of the molecule is C[C@H](C(=O)Nc1ccc(F)c(F)c1F)[NH+]1CCN(S(=O)(=O)c2ccccc2C(F)(F)F)CC1. The molecule has 1 amide bonds. The van der Waals surface area contributed by atoms with Gasteiger partial charge in [0.25, 0.3) is 5.91 Å². The molecule has 0 spiro atoms. The van der Waals surface area contributed by atoms with Crippen LogP contribution in [0.15, 0.2) is 41.3 Å². The Labute approximate surface area is 185 Å². The number of alkyl halides is 3. The first-order chi connectivity index (χ1) is 15.3. The van der Waals surface area contributed by atoms with Gasteiger partial charge in [0.05, 0.1) is 42.3 Å². The topological polar surface area (TPSA) is 70.9 Å². The Balaban J connectivity index is 1.68. The number of sulfonamides is 1. The first kappa shape index (κ1) is 25.0. The van der Waals surface area contributed by atoms with Gasteiger partial charge in [0.15, 0.2) is 23.5 Å². The number of carbonyl (C=O) groups is 1. The Morgan fingerprint density at radius 1 is 1.03 bits per heavy atom. The molecular formula is C20H20F6N3O3S+. The van der Waals surface area contributed by atoms with E-state index < -0.39 is 61.7 Å². The molecule has 0 unspecified atom stereocenters. The second kappa shape index (κ2) is 9.31. The lowest BCUT2D eigenvalue weighted by Crippen LogP contribution is -3.19. The molecular weight excluding hydrogens is 476 g/mol. The highest BCUT2D eigenvalue weighted by atomic mass is 32.2. The maximum absolute atomic E-state index is 13.8. The minimum Gasteiger partial charge on any atom is -0.323 e. The van der Waals surface area contributed by atoms with Crippen molar-refractivity contribution in [1.82, 2.24) is 4.31 Å². The van der Waals surface area contributed by atoms with Crippen molar-refractivity contribution < 1.29 is 44.5 Å². The number of hydrogen-bond acceptors (Lipinski definition) is 3. The largest absolute Gasteiger partial charge is 0.417 e. The fourth-order valence-electron chi connectivity index (χ4n) is 3.56. The van der Waals surface area contributed by atoms with Gasteiger partial charge in [0, 0.05) is 0 Å². The fraction of sp³-hybridized carbons (Fsp3) is 0.350. The molecule has 0 aromatic heterocycles. The number of carbonyl (C=O) groups excluding carboxylic acids is 1. The van der Waals surface area contributed by atoms with E-state index in [1.807, 2.05) is 0 Å². The van der Waals surface area contributed by atoms with Gasteiger partial charge in [-0.3, -0.25) is 4.79 Å². The number of halogens is 6. The summed E-state index contributed by atoms with van der Waals surface area (Å²) in [5.41, 5.74) is -1.81. The zero-order valence-electron chi connectivity index (χ0n) is 17.2. The number of piperazine rings is 1. The minimum atomic E-state index is -4.85. The summed E-state index contributed by atoms with van der Waals surface area (Å²) in [5, 5.41) is 2.17. The van der Waals surface area contributed by atoms with Crippen molar-refractivity contribution in [2.24, 2.45) is 0 Å². The van der Waals surface area contributed by atoms with E-state index in [4.69, 9.17) is 0 Å². The Hall–Kier alpha value is -2.64. The molecule has 6 nitrogen and oxygen atoms in total. The van der Waals surface area contributed by atoms with Crippen LogP contribution in [-0.4, -0.2) is 50.9 Å². The molecule has 0 bridgehead atoms. The highest BCUT2D eigenvalue weighted by Gasteiger charge is 2.41. The number of hydrogen-bond donors (Lipinski definition) is 2. The minimum absolute atomic E-state index is 0.0856. The molecule has 1 saturated heterocycles. The van der Waals surface area contributed by atoms with Crippen molar-refractivity contribution in [3.63, 3.8) is 0 Å². The molecule has 1 heterocycles. The predicted molar refractivity (Wildman–Crippen MR) is 105 cm³/mol. The third kappa shape index (κ3) is 5.14. The molecule has 2 aromatic carbocycles. The summed E-state index contributed by atoms with van der Waals surface area (Å²) >= 11 is 0. The Morgan fingerprint density at radius 3 is 2.24 bits per heavy atom. The molecule has 2 aromatic rings. The fourth-order valence-corrected chi connectivity index (χ4v) is 5.21. The zero-order valence-corrected chi connectivity index (χ0v) is 18.0. The average Bonchev–Trinajstić information content (AvgIpc) is 2.78. The number of nitrogens with zero attached hydrogens (tertiary/aromatic N) is 1. The second-order valence-corrected chi connectivity index (χ2v) is 9.40. The standard InChI is InChI=1S/C20H19F6N3O3S/c1-12(19(30)27-15-7-6-14(21)17(22)18(15)23)28-8-10-29(11-9-28)33(31,32)16-5-3-2-4-13(16)20(24,25)26/h2-7,12H,8-11H2,1H3,(H,27,30)/p+1/t12-/m1/s1. The van der Waals surface area contributed by atoms with E-state index in [9.17, 15) is 39.6 Å². The smallest absolute Gasteiger partial charge is 0.323 e. The van der Waals surface area contributed by atoms with E-state index in [1.165, 1.54) is 13.0 Å². The first-order valence-electron chi connectivity index (χ1n) is 9.79. The molecule has 1 atom stereocenters. The van der Waals surface area contributed by atoms with Crippen LogP contribution in [0.5, 0.6) is 0 Å². The van der Waals surface area contributed by atoms with Gasteiger partial charge in [-0.2, -0.15) is 17.5 Å². The maximum atomic E-state index is 13.8. The molecule has 3 rings (SSSR count). The summed E-state index contributed by atoms with van der Waals surface area (Å²) < 4.78 is 107. The zero-order chi connectivity index (χ0) is 24.6. The van der Waals surface area contributed by atoms with Crippen LogP contribution in [0.25, 0.3) is 0 Å².